The van der Waals surface area contributed by atoms with Gasteiger partial charge in [-0.2, -0.15) is 25.8 Å². The van der Waals surface area contributed by atoms with Crippen molar-refractivity contribution in [3.8, 4) is 0 Å². The maximum Gasteiger partial charge on any atom is 0.507 e. The van der Waals surface area contributed by atoms with E-state index < -0.39 is 46.0 Å². The van der Waals surface area contributed by atoms with E-state index in [1.807, 2.05) is 0 Å². The average molecular weight is 317 g/mol. The van der Waals surface area contributed by atoms with Gasteiger partial charge in [-0.15, -0.1) is 3.71 Å². The van der Waals surface area contributed by atoms with Crippen LogP contribution in [0.2, 0.25) is 0 Å². The molecule has 0 saturated carbocycles. The van der Waals surface area contributed by atoms with Crippen LogP contribution in [-0.2, 0) is 20.4 Å². The Morgan fingerprint density at radius 1 is 1.21 bits per heavy atom. The molecule has 2 rings (SSSR count). The molecule has 11 heteroatoms. The highest BCUT2D eigenvalue weighted by molar-refractivity contribution is 8.09. The summed E-state index contributed by atoms with van der Waals surface area (Å²) in [6.45, 7) is 0. The maximum absolute atomic E-state index is 12.5. The second-order valence-electron chi connectivity index (χ2n) is 3.56. The third-order valence-corrected chi connectivity index (χ3v) is 6.55. The summed E-state index contributed by atoms with van der Waals surface area (Å²) in [6, 6.07) is 4.26. The van der Waals surface area contributed by atoms with Crippen molar-refractivity contribution in [2.45, 2.75) is 10.4 Å². The normalized spacial score (nSPS) is 19.4. The van der Waals surface area contributed by atoms with Crippen LogP contribution >= 0.6 is 0 Å². The number of hydrogen-bond acceptors (Lipinski definition) is 4. The number of carbonyl (C=O) groups is 1. The average Bonchev–Trinajstić information content (AvgIpc) is 2.46. The van der Waals surface area contributed by atoms with E-state index in [1.165, 1.54) is 12.1 Å². The Hall–Kier alpha value is -1.46. The van der Waals surface area contributed by atoms with Crippen molar-refractivity contribution in [1.82, 2.24) is 3.71 Å². The van der Waals surface area contributed by atoms with Gasteiger partial charge < -0.3 is 0 Å². The number of thiol groups is 1. The molecular weight excluding hydrogens is 311 g/mol. The van der Waals surface area contributed by atoms with Crippen LogP contribution in [0.15, 0.2) is 29.2 Å². The van der Waals surface area contributed by atoms with E-state index in [0.717, 1.165) is 12.1 Å². The van der Waals surface area contributed by atoms with E-state index in [4.69, 9.17) is 4.55 Å². The molecule has 1 amide bonds. The summed E-state index contributed by atoms with van der Waals surface area (Å²) in [5, 5.41) is 0. The number of carbonyl (C=O) groups excluding carboxylic acids is 1. The number of alkyl halides is 3. The third kappa shape index (κ3) is 1.76. The van der Waals surface area contributed by atoms with E-state index in [9.17, 15) is 30.6 Å². The SMILES string of the molecule is O=C1c2ccccc2S(=O)(=O)N1[SH](=O)(O)C(F)(F)F. The summed E-state index contributed by atoms with van der Waals surface area (Å²) in [4.78, 5) is 10.9. The smallest absolute Gasteiger partial charge is 0.281 e. The lowest BCUT2D eigenvalue weighted by Gasteiger charge is -2.32. The Bertz CT molecular complexity index is 711. The molecule has 0 aromatic heterocycles. The monoisotopic (exact) mass is 317 g/mol. The fraction of sp³-hybridized carbons (Fsp3) is 0.125. The first-order valence-corrected chi connectivity index (χ1v) is 7.65. The zero-order valence-corrected chi connectivity index (χ0v) is 10.5. The van der Waals surface area contributed by atoms with Crippen LogP contribution < -0.4 is 0 Å². The Balaban J connectivity index is 2.72. The number of benzene rings is 1. The number of fused-ring (bicyclic) bond motifs is 1. The highest BCUT2D eigenvalue weighted by Crippen LogP contribution is 2.40. The van der Waals surface area contributed by atoms with Gasteiger partial charge in [0.05, 0.1) is 5.56 Å². The van der Waals surface area contributed by atoms with Gasteiger partial charge in [0, 0.05) is 0 Å². The molecule has 0 radical (unpaired) electrons. The number of amides is 1. The summed E-state index contributed by atoms with van der Waals surface area (Å²) in [5.41, 5.74) is -6.32. The molecule has 0 fully saturated rings. The van der Waals surface area contributed by atoms with Crippen LogP contribution in [-0.4, -0.2) is 32.3 Å². The van der Waals surface area contributed by atoms with E-state index in [2.05, 4.69) is 0 Å². The minimum atomic E-state index is -6.39. The van der Waals surface area contributed by atoms with Gasteiger partial charge in [-0.3, -0.25) is 9.35 Å². The van der Waals surface area contributed by atoms with Gasteiger partial charge in [0.15, 0.2) is 0 Å². The van der Waals surface area contributed by atoms with Gasteiger partial charge in [-0.1, -0.05) is 12.1 Å². The Morgan fingerprint density at radius 3 is 2.21 bits per heavy atom. The summed E-state index contributed by atoms with van der Waals surface area (Å²) in [7, 11) is -11.4. The van der Waals surface area contributed by atoms with Crippen LogP contribution in [0, 0.1) is 0 Å². The van der Waals surface area contributed by atoms with Crippen molar-refractivity contribution < 1.29 is 35.1 Å². The number of rotatable bonds is 1. The molecule has 0 bridgehead atoms. The molecule has 0 spiro atoms. The maximum atomic E-state index is 12.5. The molecule has 1 N–H and O–H groups in total. The number of nitrogens with zero attached hydrogens (tertiary/aromatic N) is 1. The summed E-state index contributed by atoms with van der Waals surface area (Å²) in [6.07, 6.45) is 0. The summed E-state index contributed by atoms with van der Waals surface area (Å²) < 4.78 is 80.2. The van der Waals surface area contributed by atoms with Crippen molar-refractivity contribution in [2.75, 3.05) is 0 Å². The van der Waals surface area contributed by atoms with Crippen molar-refractivity contribution >= 4 is 26.3 Å². The van der Waals surface area contributed by atoms with Gasteiger partial charge in [-0.25, -0.2) is 0 Å². The van der Waals surface area contributed by atoms with Crippen molar-refractivity contribution in [3.05, 3.63) is 29.8 Å². The zero-order valence-electron chi connectivity index (χ0n) is 8.83. The highest BCUT2D eigenvalue weighted by atomic mass is 32.3. The number of hydrogen-bond donors (Lipinski definition) is 2. The molecule has 0 saturated heterocycles. The molecule has 1 aromatic rings. The van der Waals surface area contributed by atoms with Crippen molar-refractivity contribution in [3.63, 3.8) is 0 Å². The van der Waals surface area contributed by atoms with Crippen LogP contribution in [0.25, 0.3) is 0 Å². The van der Waals surface area contributed by atoms with E-state index in [0.29, 0.717) is 0 Å². The summed E-state index contributed by atoms with van der Waals surface area (Å²) in [5.74, 6) is -1.67. The molecule has 0 aliphatic carbocycles. The molecule has 1 heterocycles. The first-order chi connectivity index (χ1) is 8.51. The van der Waals surface area contributed by atoms with Crippen LogP contribution in [0.3, 0.4) is 0 Å². The van der Waals surface area contributed by atoms with E-state index in [-0.39, 0.29) is 0 Å². The lowest BCUT2D eigenvalue weighted by molar-refractivity contribution is -0.0524. The quantitative estimate of drug-likeness (QED) is 0.746. The first-order valence-electron chi connectivity index (χ1n) is 4.60. The zero-order chi connectivity index (χ0) is 14.6. The molecule has 1 aliphatic rings. The Morgan fingerprint density at radius 2 is 1.74 bits per heavy atom. The van der Waals surface area contributed by atoms with Gasteiger partial charge >= 0.3 is 5.51 Å². The topological polar surface area (TPSA) is 91.8 Å². The van der Waals surface area contributed by atoms with Crippen LogP contribution in [0.5, 0.6) is 0 Å². The van der Waals surface area contributed by atoms with Gasteiger partial charge in [0.1, 0.15) is 4.90 Å². The van der Waals surface area contributed by atoms with E-state index >= 15 is 0 Å². The molecule has 1 aromatic carbocycles. The molecule has 0 unspecified atom stereocenters. The standard InChI is InChI=1S/C8H6F3NO5S2/c9-8(10,11)19(16,17)12-7(13)5-3-1-2-4-6(5)18(12,14)15/h1-4,19H,(H,16,17). The first kappa shape index (κ1) is 14.0. The fourth-order valence-electron chi connectivity index (χ4n) is 1.55. The Kier molecular flexibility index (Phi) is 2.77. The molecule has 1 aliphatic heterocycles. The molecule has 106 valence electrons. The lowest BCUT2D eigenvalue weighted by atomic mass is 10.2. The third-order valence-electron chi connectivity index (χ3n) is 2.37. The van der Waals surface area contributed by atoms with Crippen LogP contribution in [0.4, 0.5) is 13.2 Å². The molecule has 6 nitrogen and oxygen atoms in total. The van der Waals surface area contributed by atoms with Crippen molar-refractivity contribution in [2.24, 2.45) is 0 Å². The highest BCUT2D eigenvalue weighted by Gasteiger charge is 2.55. The fourth-order valence-corrected chi connectivity index (χ4v) is 5.00. The summed E-state index contributed by atoms with van der Waals surface area (Å²) >= 11 is 0. The van der Waals surface area contributed by atoms with Gasteiger partial charge in [0.2, 0.25) is 0 Å². The molecule has 0 atom stereocenters. The Labute approximate surface area is 106 Å². The van der Waals surface area contributed by atoms with E-state index in [1.54, 1.807) is 0 Å². The molecular formula is C8H6F3NO5S2. The second-order valence-corrected chi connectivity index (χ2v) is 7.58. The predicted octanol–water partition coefficient (Wildman–Crippen LogP) is 0.756. The van der Waals surface area contributed by atoms with Gasteiger partial charge in [-0.05, 0) is 22.5 Å². The predicted molar refractivity (Wildman–Crippen MR) is 58.0 cm³/mol. The largest absolute Gasteiger partial charge is 0.507 e. The number of halogens is 3. The van der Waals surface area contributed by atoms with Crippen molar-refractivity contribution in [1.29, 1.82) is 0 Å². The molecule has 19 heavy (non-hydrogen) atoms. The second kappa shape index (κ2) is 3.77. The minimum Gasteiger partial charge on any atom is -0.281 e. The number of sulfonamides is 1. The lowest BCUT2D eigenvalue weighted by Crippen LogP contribution is -2.49. The van der Waals surface area contributed by atoms with Crippen LogP contribution in [0.1, 0.15) is 10.4 Å². The minimum absolute atomic E-state index is 0.568. The van der Waals surface area contributed by atoms with Gasteiger partial charge in [0.25, 0.3) is 15.9 Å².